The first-order chi connectivity index (χ1) is 15.6. The summed E-state index contributed by atoms with van der Waals surface area (Å²) in [5.41, 5.74) is 8.70. The largest absolute Gasteiger partial charge is 0.481 e. The first kappa shape index (κ1) is 19.4. The number of hydrogen-bond acceptors (Lipinski definition) is 8. The molecule has 8 nitrogen and oxygen atoms in total. The van der Waals surface area contributed by atoms with E-state index in [1.807, 2.05) is 31.2 Å². The lowest BCUT2D eigenvalue weighted by molar-refractivity contribution is 0.0989. The summed E-state index contributed by atoms with van der Waals surface area (Å²) < 4.78 is 11.9. The van der Waals surface area contributed by atoms with Crippen LogP contribution in [0, 0.1) is 0 Å². The Kier molecular flexibility index (Phi) is 4.68. The minimum atomic E-state index is -0.251. The minimum absolute atomic E-state index is 0.251. The van der Waals surface area contributed by atoms with Crippen molar-refractivity contribution in [3.05, 3.63) is 54.2 Å². The molecule has 0 amide bonds. The number of fused-ring (bicyclic) bond motifs is 2. The van der Waals surface area contributed by atoms with Crippen LogP contribution in [0.1, 0.15) is 49.7 Å². The monoisotopic (exact) mass is 430 g/mol. The minimum Gasteiger partial charge on any atom is -0.481 e. The van der Waals surface area contributed by atoms with Crippen LogP contribution in [0.25, 0.3) is 11.3 Å². The first-order valence-corrected chi connectivity index (χ1v) is 11.2. The van der Waals surface area contributed by atoms with Crippen LogP contribution in [0.5, 0.6) is 5.75 Å². The Morgan fingerprint density at radius 3 is 2.81 bits per heavy atom. The molecule has 1 unspecified atom stereocenters. The summed E-state index contributed by atoms with van der Waals surface area (Å²) in [6.45, 7) is 3.61. The van der Waals surface area contributed by atoms with E-state index in [-0.39, 0.29) is 6.10 Å². The molecule has 6 rings (SSSR count). The molecule has 32 heavy (non-hydrogen) atoms. The Labute approximate surface area is 186 Å². The van der Waals surface area contributed by atoms with Crippen LogP contribution >= 0.6 is 0 Å². The van der Waals surface area contributed by atoms with Crippen LogP contribution in [0.2, 0.25) is 0 Å². The molecule has 2 bridgehead atoms. The predicted molar refractivity (Wildman–Crippen MR) is 120 cm³/mol. The molecule has 0 aromatic carbocycles. The van der Waals surface area contributed by atoms with E-state index in [1.165, 1.54) is 0 Å². The Balaban J connectivity index is 1.33. The maximum Gasteiger partial charge on any atom is 0.166 e. The molecule has 1 aliphatic carbocycles. The second-order valence-corrected chi connectivity index (χ2v) is 8.86. The van der Waals surface area contributed by atoms with Crippen LogP contribution < -0.4 is 15.4 Å². The number of nitrogen functional groups attached to an aromatic ring is 1. The highest BCUT2D eigenvalue weighted by Gasteiger charge is 2.40. The van der Waals surface area contributed by atoms with Gasteiger partial charge >= 0.3 is 0 Å². The number of ether oxygens (including phenoxy) is 2. The van der Waals surface area contributed by atoms with E-state index in [0.717, 1.165) is 61.0 Å². The van der Waals surface area contributed by atoms with E-state index in [0.29, 0.717) is 29.6 Å². The Morgan fingerprint density at radius 2 is 2.09 bits per heavy atom. The quantitative estimate of drug-likeness (QED) is 0.634. The Bertz CT molecular complexity index is 1140. The molecule has 0 spiro atoms. The number of rotatable bonds is 6. The SMILES string of the molecule is CC(Oc1cc(-c2cc(N3C[C@@H]4C[C@H]3CO4)nc(C3CC3)n2)cnc1N)c1ccccn1. The lowest BCUT2D eigenvalue weighted by atomic mass is 10.1. The predicted octanol–water partition coefficient (Wildman–Crippen LogP) is 3.51. The van der Waals surface area contributed by atoms with Gasteiger partial charge in [0.25, 0.3) is 0 Å². The molecular weight excluding hydrogens is 404 g/mol. The van der Waals surface area contributed by atoms with Gasteiger partial charge in [0.15, 0.2) is 11.6 Å². The van der Waals surface area contributed by atoms with Gasteiger partial charge in [-0.25, -0.2) is 15.0 Å². The van der Waals surface area contributed by atoms with Crippen molar-refractivity contribution in [1.82, 2.24) is 19.9 Å². The van der Waals surface area contributed by atoms with Crippen LogP contribution in [0.15, 0.2) is 42.7 Å². The summed E-state index contributed by atoms with van der Waals surface area (Å²) in [5, 5.41) is 0. The summed E-state index contributed by atoms with van der Waals surface area (Å²) in [7, 11) is 0. The lowest BCUT2D eigenvalue weighted by Crippen LogP contribution is -2.37. The smallest absolute Gasteiger partial charge is 0.166 e. The average Bonchev–Trinajstić information content (AvgIpc) is 3.47. The number of pyridine rings is 2. The topological polar surface area (TPSA) is 99.3 Å². The summed E-state index contributed by atoms with van der Waals surface area (Å²) in [6.07, 6.45) is 6.95. The van der Waals surface area contributed by atoms with Crippen LogP contribution in [0.3, 0.4) is 0 Å². The fourth-order valence-electron chi connectivity index (χ4n) is 4.51. The maximum atomic E-state index is 6.14. The number of hydrogen-bond donors (Lipinski definition) is 1. The third kappa shape index (κ3) is 3.64. The summed E-state index contributed by atoms with van der Waals surface area (Å²) in [5.74, 6) is 3.23. The molecule has 3 aromatic rings. The van der Waals surface area contributed by atoms with E-state index in [1.54, 1.807) is 12.4 Å². The summed E-state index contributed by atoms with van der Waals surface area (Å²) >= 11 is 0. The van der Waals surface area contributed by atoms with Gasteiger partial charge in [0.1, 0.15) is 17.7 Å². The van der Waals surface area contributed by atoms with Crippen molar-refractivity contribution in [2.75, 3.05) is 23.8 Å². The van der Waals surface area contributed by atoms with Gasteiger partial charge in [-0.15, -0.1) is 0 Å². The average molecular weight is 431 g/mol. The van der Waals surface area contributed by atoms with Crippen molar-refractivity contribution in [3.63, 3.8) is 0 Å². The van der Waals surface area contributed by atoms with E-state index in [9.17, 15) is 0 Å². The van der Waals surface area contributed by atoms with Crippen LogP contribution in [-0.4, -0.2) is 45.2 Å². The number of morpholine rings is 1. The number of aromatic nitrogens is 4. The Hall–Kier alpha value is -3.26. The van der Waals surface area contributed by atoms with E-state index in [4.69, 9.17) is 25.2 Å². The molecule has 3 fully saturated rings. The second-order valence-electron chi connectivity index (χ2n) is 8.86. The van der Waals surface area contributed by atoms with Gasteiger partial charge < -0.3 is 20.1 Å². The van der Waals surface area contributed by atoms with E-state index >= 15 is 0 Å². The maximum absolute atomic E-state index is 6.14. The molecule has 5 heterocycles. The molecule has 3 aromatic heterocycles. The number of nitrogens with two attached hydrogens (primary N) is 1. The molecule has 1 saturated carbocycles. The van der Waals surface area contributed by atoms with Gasteiger partial charge in [-0.3, -0.25) is 4.98 Å². The Morgan fingerprint density at radius 1 is 1.19 bits per heavy atom. The van der Waals surface area contributed by atoms with Crippen molar-refractivity contribution >= 4 is 11.6 Å². The van der Waals surface area contributed by atoms with Gasteiger partial charge in [0.2, 0.25) is 0 Å². The number of nitrogens with zero attached hydrogens (tertiary/aromatic N) is 5. The summed E-state index contributed by atoms with van der Waals surface area (Å²) in [6, 6.07) is 10.1. The molecule has 8 heteroatoms. The van der Waals surface area contributed by atoms with Gasteiger partial charge in [-0.1, -0.05) is 6.07 Å². The zero-order valence-corrected chi connectivity index (χ0v) is 18.0. The van der Waals surface area contributed by atoms with E-state index in [2.05, 4.69) is 20.9 Å². The number of anilines is 2. The van der Waals surface area contributed by atoms with Gasteiger partial charge in [-0.2, -0.15) is 0 Å². The van der Waals surface area contributed by atoms with Crippen LogP contribution in [0.4, 0.5) is 11.6 Å². The molecule has 2 N–H and O–H groups in total. The normalized spacial score (nSPS) is 22.8. The molecule has 2 saturated heterocycles. The van der Waals surface area contributed by atoms with Crippen molar-refractivity contribution in [2.24, 2.45) is 0 Å². The molecular formula is C24H26N6O2. The lowest BCUT2D eigenvalue weighted by Gasteiger charge is -2.28. The molecule has 0 radical (unpaired) electrons. The zero-order chi connectivity index (χ0) is 21.7. The van der Waals surface area contributed by atoms with E-state index < -0.39 is 0 Å². The molecule has 2 aliphatic heterocycles. The van der Waals surface area contributed by atoms with Crippen molar-refractivity contribution in [3.8, 4) is 17.0 Å². The highest BCUT2D eigenvalue weighted by Crippen LogP contribution is 2.41. The zero-order valence-electron chi connectivity index (χ0n) is 18.0. The van der Waals surface area contributed by atoms with Crippen molar-refractivity contribution in [2.45, 2.75) is 50.4 Å². The first-order valence-electron chi connectivity index (χ1n) is 11.2. The second kappa shape index (κ2) is 7.70. The van der Waals surface area contributed by atoms with Gasteiger partial charge in [0, 0.05) is 36.5 Å². The fraction of sp³-hybridized carbons (Fsp3) is 0.417. The third-order valence-corrected chi connectivity index (χ3v) is 6.45. The molecule has 3 aliphatic rings. The standard InChI is InChI=1S/C24H26N6O2/c1-14(19-4-2-3-7-26-19)32-21-8-16(11-27-23(21)25)20-10-22(29-24(28-20)15-5-6-15)30-12-18-9-17(30)13-31-18/h2-4,7-8,10-11,14-15,17-18H,5-6,9,12-13H2,1H3,(H2,25,27)/t14?,17-,18-/m0/s1. The van der Waals surface area contributed by atoms with Crippen molar-refractivity contribution in [1.29, 1.82) is 0 Å². The molecule has 3 atom stereocenters. The van der Waals surface area contributed by atoms with Gasteiger partial charge in [0.05, 0.1) is 30.1 Å². The van der Waals surface area contributed by atoms with Gasteiger partial charge in [-0.05, 0) is 44.4 Å². The third-order valence-electron chi connectivity index (χ3n) is 6.45. The highest BCUT2D eigenvalue weighted by molar-refractivity contribution is 5.67. The fourth-order valence-corrected chi connectivity index (χ4v) is 4.51. The van der Waals surface area contributed by atoms with Crippen LogP contribution in [-0.2, 0) is 4.74 Å². The summed E-state index contributed by atoms with van der Waals surface area (Å²) in [4.78, 5) is 21.0. The molecule has 164 valence electrons. The highest BCUT2D eigenvalue weighted by atomic mass is 16.5. The van der Waals surface area contributed by atoms with Crippen molar-refractivity contribution < 1.29 is 9.47 Å².